The van der Waals surface area contributed by atoms with Gasteiger partial charge >= 0.3 is 0 Å². The highest BCUT2D eigenvalue weighted by Crippen LogP contribution is 2.52. The number of rotatable bonds is 7. The van der Waals surface area contributed by atoms with E-state index in [0.717, 1.165) is 6.07 Å². The topological polar surface area (TPSA) is 124 Å². The second-order valence-electron chi connectivity index (χ2n) is 9.31. The number of carbonyl (C=O) groups is 3. The molecule has 1 aliphatic heterocycles. The number of hydrogen-bond donors (Lipinski definition) is 1. The van der Waals surface area contributed by atoms with Crippen molar-refractivity contribution < 1.29 is 23.7 Å². The predicted octanol–water partition coefficient (Wildman–Crippen LogP) is 5.78. The average Bonchev–Trinajstić information content (AvgIpc) is 3.58. The van der Waals surface area contributed by atoms with Crippen molar-refractivity contribution in [2.75, 3.05) is 0 Å². The van der Waals surface area contributed by atoms with Crippen LogP contribution in [0.5, 0.6) is 0 Å². The van der Waals surface area contributed by atoms with Crippen LogP contribution in [0, 0.1) is 21.8 Å². The van der Waals surface area contributed by atoms with E-state index >= 15 is 0 Å². The van der Waals surface area contributed by atoms with Crippen molar-refractivity contribution >= 4 is 46.2 Å². The molecular weight excluding hydrogens is 557 g/mol. The van der Waals surface area contributed by atoms with Crippen molar-refractivity contribution in [2.45, 2.75) is 18.0 Å². The lowest BCUT2D eigenvalue weighted by atomic mass is 9.78. The van der Waals surface area contributed by atoms with Crippen molar-refractivity contribution in [3.8, 4) is 0 Å². The summed E-state index contributed by atoms with van der Waals surface area (Å²) in [5.74, 6) is -4.71. The zero-order chi connectivity index (χ0) is 28.6. The third-order valence-electron chi connectivity index (χ3n) is 6.97. The summed E-state index contributed by atoms with van der Waals surface area (Å²) in [4.78, 5) is 54.4. The van der Waals surface area contributed by atoms with Crippen LogP contribution in [0.4, 0.5) is 10.1 Å². The van der Waals surface area contributed by atoms with Crippen LogP contribution in [-0.2, 0) is 4.79 Å². The highest BCUT2D eigenvalue weighted by Gasteiger charge is 2.57. The fraction of sp³-hybridized carbons (Fsp3) is 0.138. The molecule has 1 saturated heterocycles. The quantitative estimate of drug-likeness (QED) is 0.169. The number of benzene rings is 3. The van der Waals surface area contributed by atoms with Gasteiger partial charge < -0.3 is 10.6 Å². The maximum Gasteiger partial charge on any atom is 0.269 e. The van der Waals surface area contributed by atoms with Gasteiger partial charge in [0.1, 0.15) is 11.9 Å². The molecule has 3 aromatic carbocycles. The van der Waals surface area contributed by atoms with E-state index in [1.807, 2.05) is 0 Å². The number of nitro benzene ring substituents is 1. The smallest absolute Gasteiger partial charge is 0.269 e. The Hall–Kier alpha value is -4.41. The average molecular weight is 578 g/mol. The molecule has 0 aliphatic carbocycles. The minimum Gasteiger partial charge on any atom is -0.368 e. The first-order valence-electron chi connectivity index (χ1n) is 12.1. The van der Waals surface area contributed by atoms with Crippen LogP contribution in [0.2, 0.25) is 5.02 Å². The molecular formula is C29H21ClFN3O5S. The van der Waals surface area contributed by atoms with Crippen LogP contribution in [0.25, 0.3) is 0 Å². The van der Waals surface area contributed by atoms with Gasteiger partial charge in [0.05, 0.1) is 16.9 Å². The minimum atomic E-state index is -1.33. The number of ketones is 1. The highest BCUT2D eigenvalue weighted by molar-refractivity contribution is 7.10. The van der Waals surface area contributed by atoms with Crippen LogP contribution in [-0.4, -0.2) is 33.5 Å². The van der Waals surface area contributed by atoms with Gasteiger partial charge in [-0.1, -0.05) is 48.0 Å². The van der Waals surface area contributed by atoms with Gasteiger partial charge in [-0.05, 0) is 47.3 Å². The SMILES string of the molecule is NC(=O)C1C(c2cccs2)C(C(=O)c2cccc(Cl)c2)C(c2cccc([N+](=O)[O-])c2)N1C(=O)c1cccc(F)c1. The molecule has 40 heavy (non-hydrogen) atoms. The number of nitrogens with two attached hydrogens (primary N) is 1. The number of carbonyl (C=O) groups excluding carboxylic acids is 3. The van der Waals surface area contributed by atoms with E-state index in [2.05, 4.69) is 0 Å². The van der Waals surface area contributed by atoms with Crippen molar-refractivity contribution in [3.63, 3.8) is 0 Å². The number of primary amides is 1. The third-order valence-corrected chi connectivity index (χ3v) is 8.18. The molecule has 1 fully saturated rings. The molecule has 0 bridgehead atoms. The van der Waals surface area contributed by atoms with Gasteiger partial charge in [-0.25, -0.2) is 4.39 Å². The highest BCUT2D eigenvalue weighted by atomic mass is 35.5. The van der Waals surface area contributed by atoms with Crippen LogP contribution >= 0.6 is 22.9 Å². The van der Waals surface area contributed by atoms with Crippen LogP contribution < -0.4 is 5.73 Å². The molecule has 1 aromatic heterocycles. The number of nitrogens with zero attached hydrogens (tertiary/aromatic N) is 2. The van der Waals surface area contributed by atoms with Crippen LogP contribution in [0.15, 0.2) is 90.3 Å². The lowest BCUT2D eigenvalue weighted by Gasteiger charge is -2.31. The third kappa shape index (κ3) is 4.99. The first kappa shape index (κ1) is 27.2. The largest absolute Gasteiger partial charge is 0.368 e. The molecule has 2 heterocycles. The lowest BCUT2D eigenvalue weighted by Crippen LogP contribution is -2.46. The number of amides is 2. The number of likely N-dealkylation sites (tertiary alicyclic amines) is 1. The zero-order valence-corrected chi connectivity index (χ0v) is 22.2. The maximum absolute atomic E-state index is 14.3. The molecule has 2 N–H and O–H groups in total. The molecule has 1 aliphatic rings. The van der Waals surface area contributed by atoms with Crippen molar-refractivity contribution in [1.29, 1.82) is 0 Å². The minimum absolute atomic E-state index is 0.0672. The molecule has 2 amide bonds. The number of nitro groups is 1. The van der Waals surface area contributed by atoms with Crippen LogP contribution in [0.1, 0.15) is 43.1 Å². The maximum atomic E-state index is 14.3. The molecule has 8 nitrogen and oxygen atoms in total. The van der Waals surface area contributed by atoms with Crippen molar-refractivity contribution in [2.24, 2.45) is 11.7 Å². The van der Waals surface area contributed by atoms with Crippen LogP contribution in [0.3, 0.4) is 0 Å². The summed E-state index contributed by atoms with van der Waals surface area (Å²) in [6, 6.07) is 17.7. The summed E-state index contributed by atoms with van der Waals surface area (Å²) < 4.78 is 14.2. The molecule has 11 heteroatoms. The fourth-order valence-corrected chi connectivity index (χ4v) is 6.49. The van der Waals surface area contributed by atoms with Gasteiger partial charge in [0.15, 0.2) is 5.78 Å². The lowest BCUT2D eigenvalue weighted by molar-refractivity contribution is -0.385. The molecule has 0 radical (unpaired) electrons. The van der Waals surface area contributed by atoms with E-state index in [-0.39, 0.29) is 22.4 Å². The number of Topliss-reactive ketones (excluding diaryl/α,β-unsaturated/α-hetero) is 1. The zero-order valence-electron chi connectivity index (χ0n) is 20.6. The number of non-ortho nitro benzene ring substituents is 1. The first-order chi connectivity index (χ1) is 19.2. The molecule has 4 aromatic rings. The number of halogens is 2. The Balaban J connectivity index is 1.79. The Morgan fingerprint density at radius 3 is 2.33 bits per heavy atom. The summed E-state index contributed by atoms with van der Waals surface area (Å²) in [5.41, 5.74) is 6.09. The van der Waals surface area contributed by atoms with Gasteiger partial charge in [-0.2, -0.15) is 0 Å². The van der Waals surface area contributed by atoms with Gasteiger partial charge in [0, 0.05) is 39.1 Å². The summed E-state index contributed by atoms with van der Waals surface area (Å²) in [5, 5.41) is 13.7. The number of thiophene rings is 1. The van der Waals surface area contributed by atoms with Crippen molar-refractivity contribution in [3.05, 3.63) is 133 Å². The second kappa shape index (κ2) is 11.0. The molecule has 5 rings (SSSR count). The van der Waals surface area contributed by atoms with E-state index in [0.29, 0.717) is 9.90 Å². The Morgan fingerprint density at radius 2 is 1.68 bits per heavy atom. The van der Waals surface area contributed by atoms with Gasteiger partial charge in [0.2, 0.25) is 5.91 Å². The summed E-state index contributed by atoms with van der Waals surface area (Å²) in [6.07, 6.45) is 0. The standard InChI is InChI=1S/C29H21ClFN3O5S/c30-19-8-1-6-17(13-19)27(35)24-23(22-11-4-12-40-22)26(28(32)36)33(29(37)18-7-2-9-20(31)14-18)25(24)16-5-3-10-21(15-16)34(38)39/h1-15,23-26H,(H2,32,36). The predicted molar refractivity (Wildman–Crippen MR) is 148 cm³/mol. The molecule has 0 spiro atoms. The fourth-order valence-electron chi connectivity index (χ4n) is 5.39. The Morgan fingerprint density at radius 1 is 0.950 bits per heavy atom. The summed E-state index contributed by atoms with van der Waals surface area (Å²) in [6.45, 7) is 0. The van der Waals surface area contributed by atoms with Gasteiger partial charge in [-0.3, -0.25) is 24.5 Å². The van der Waals surface area contributed by atoms with E-state index in [1.165, 1.54) is 58.7 Å². The Kier molecular flexibility index (Phi) is 7.46. The Bertz CT molecular complexity index is 1630. The second-order valence-corrected chi connectivity index (χ2v) is 10.7. The van der Waals surface area contributed by atoms with E-state index in [9.17, 15) is 28.9 Å². The van der Waals surface area contributed by atoms with E-state index < -0.39 is 52.3 Å². The Labute approximate surface area is 236 Å². The van der Waals surface area contributed by atoms with E-state index in [1.54, 1.807) is 41.8 Å². The molecule has 4 atom stereocenters. The van der Waals surface area contributed by atoms with Crippen molar-refractivity contribution in [1.82, 2.24) is 4.90 Å². The summed E-state index contributed by atoms with van der Waals surface area (Å²) in [7, 11) is 0. The monoisotopic (exact) mass is 577 g/mol. The van der Waals surface area contributed by atoms with E-state index in [4.69, 9.17) is 17.3 Å². The number of hydrogen-bond acceptors (Lipinski definition) is 6. The molecule has 202 valence electrons. The summed E-state index contributed by atoms with van der Waals surface area (Å²) >= 11 is 7.48. The normalized spacial score (nSPS) is 20.3. The molecule has 0 saturated carbocycles. The molecule has 4 unspecified atom stereocenters. The first-order valence-corrected chi connectivity index (χ1v) is 13.4. The van der Waals surface area contributed by atoms with Gasteiger partial charge in [0.25, 0.3) is 11.6 Å². The van der Waals surface area contributed by atoms with Gasteiger partial charge in [-0.15, -0.1) is 11.3 Å².